The van der Waals surface area contributed by atoms with Crippen LogP contribution in [0.3, 0.4) is 0 Å². The number of hydrogen-bond donors (Lipinski definition) is 1. The summed E-state index contributed by atoms with van der Waals surface area (Å²) in [6.45, 7) is 0.430. The summed E-state index contributed by atoms with van der Waals surface area (Å²) in [5.41, 5.74) is 1.80. The van der Waals surface area contributed by atoms with Crippen molar-refractivity contribution in [2.24, 2.45) is 5.10 Å². The molecule has 0 fully saturated rings. The number of nitrogens with one attached hydrogen (secondary N) is 1. The van der Waals surface area contributed by atoms with Crippen molar-refractivity contribution in [3.05, 3.63) is 102 Å². The fourth-order valence-electron chi connectivity index (χ4n) is 2.38. The van der Waals surface area contributed by atoms with E-state index in [0.717, 1.165) is 17.7 Å². The minimum Gasteiger partial charge on any atom is -0.490 e. The molecule has 0 unspecified atom stereocenters. The summed E-state index contributed by atoms with van der Waals surface area (Å²) in [7, 11) is -3.84. The van der Waals surface area contributed by atoms with E-state index in [2.05, 4.69) is 9.93 Å². The van der Waals surface area contributed by atoms with Crippen molar-refractivity contribution in [1.82, 2.24) is 4.83 Å². The van der Waals surface area contributed by atoms with Crippen LogP contribution in [-0.2, 0) is 10.0 Å². The van der Waals surface area contributed by atoms with Gasteiger partial charge >= 0.3 is 0 Å². The summed E-state index contributed by atoms with van der Waals surface area (Å²) in [6, 6.07) is 21.5. The second kappa shape index (κ2) is 9.66. The number of sulfonamides is 1. The molecule has 3 aromatic rings. The van der Waals surface area contributed by atoms with Crippen LogP contribution in [0.5, 0.6) is 5.75 Å². The SMILES string of the molecule is O=S(=O)(N/N=C/c1ccc(OC/C=C/c2ccccc2)cc1)c1ccc(F)cc1. The van der Waals surface area contributed by atoms with Crippen molar-refractivity contribution in [1.29, 1.82) is 0 Å². The Hall–Kier alpha value is -3.45. The van der Waals surface area contributed by atoms with E-state index in [1.807, 2.05) is 42.5 Å². The fraction of sp³-hybridized carbons (Fsp3) is 0.0455. The van der Waals surface area contributed by atoms with Gasteiger partial charge in [0.15, 0.2) is 0 Å². The zero-order chi connectivity index (χ0) is 20.5. The quantitative estimate of drug-likeness (QED) is 0.446. The van der Waals surface area contributed by atoms with Gasteiger partial charge in [0.25, 0.3) is 10.0 Å². The Bertz CT molecular complexity index is 1080. The maximum atomic E-state index is 12.9. The monoisotopic (exact) mass is 410 g/mol. The Balaban J connectivity index is 1.51. The Morgan fingerprint density at radius 1 is 0.897 bits per heavy atom. The second-order valence-corrected chi connectivity index (χ2v) is 7.66. The van der Waals surface area contributed by atoms with Gasteiger partial charge in [-0.3, -0.25) is 0 Å². The van der Waals surface area contributed by atoms with Crippen LogP contribution in [0.25, 0.3) is 6.08 Å². The highest BCUT2D eigenvalue weighted by Gasteiger charge is 2.12. The van der Waals surface area contributed by atoms with Crippen molar-refractivity contribution >= 4 is 22.3 Å². The number of nitrogens with zero attached hydrogens (tertiary/aromatic N) is 1. The first kappa shape index (κ1) is 20.3. The molecule has 0 aliphatic heterocycles. The normalized spacial score (nSPS) is 11.8. The van der Waals surface area contributed by atoms with E-state index < -0.39 is 15.8 Å². The van der Waals surface area contributed by atoms with Crippen molar-refractivity contribution in [3.8, 4) is 5.75 Å². The molecule has 7 heteroatoms. The molecule has 5 nitrogen and oxygen atoms in total. The highest BCUT2D eigenvalue weighted by atomic mass is 32.2. The Morgan fingerprint density at radius 3 is 2.28 bits per heavy atom. The number of hydrogen-bond acceptors (Lipinski definition) is 4. The van der Waals surface area contributed by atoms with E-state index in [9.17, 15) is 12.8 Å². The Kier molecular flexibility index (Phi) is 6.76. The van der Waals surface area contributed by atoms with Gasteiger partial charge in [0.05, 0.1) is 11.1 Å². The summed E-state index contributed by atoms with van der Waals surface area (Å²) in [6.07, 6.45) is 5.28. The van der Waals surface area contributed by atoms with E-state index in [-0.39, 0.29) is 4.90 Å². The molecule has 3 rings (SSSR count). The number of ether oxygens (including phenoxy) is 1. The summed E-state index contributed by atoms with van der Waals surface area (Å²) >= 11 is 0. The van der Waals surface area contributed by atoms with Gasteiger partial charge in [0.1, 0.15) is 18.2 Å². The van der Waals surface area contributed by atoms with Crippen LogP contribution in [0.15, 0.2) is 94.9 Å². The molecule has 0 amide bonds. The average Bonchev–Trinajstić information content (AvgIpc) is 2.73. The smallest absolute Gasteiger partial charge is 0.276 e. The van der Waals surface area contributed by atoms with E-state index in [0.29, 0.717) is 17.9 Å². The third-order valence-electron chi connectivity index (χ3n) is 3.85. The molecule has 0 heterocycles. The summed E-state index contributed by atoms with van der Waals surface area (Å²) in [5, 5.41) is 3.74. The zero-order valence-electron chi connectivity index (χ0n) is 15.4. The predicted octanol–water partition coefficient (Wildman–Crippen LogP) is 4.23. The largest absolute Gasteiger partial charge is 0.490 e. The van der Waals surface area contributed by atoms with Gasteiger partial charge in [0, 0.05) is 0 Å². The molecule has 29 heavy (non-hydrogen) atoms. The molecule has 1 N–H and O–H groups in total. The van der Waals surface area contributed by atoms with E-state index in [1.54, 1.807) is 24.3 Å². The highest BCUT2D eigenvalue weighted by molar-refractivity contribution is 7.89. The van der Waals surface area contributed by atoms with Crippen molar-refractivity contribution in [3.63, 3.8) is 0 Å². The van der Waals surface area contributed by atoms with Crippen molar-refractivity contribution in [2.45, 2.75) is 4.90 Å². The first-order valence-electron chi connectivity index (χ1n) is 8.78. The molecule has 0 bridgehead atoms. The van der Waals surface area contributed by atoms with Crippen LogP contribution in [0, 0.1) is 5.82 Å². The summed E-state index contributed by atoms with van der Waals surface area (Å²) in [4.78, 5) is 2.03. The molecular formula is C22H19FN2O3S. The topological polar surface area (TPSA) is 67.8 Å². The second-order valence-electron chi connectivity index (χ2n) is 6.00. The van der Waals surface area contributed by atoms with E-state index in [1.165, 1.54) is 18.3 Å². The first-order valence-corrected chi connectivity index (χ1v) is 10.3. The van der Waals surface area contributed by atoms with Crippen molar-refractivity contribution < 1.29 is 17.5 Å². The predicted molar refractivity (Wildman–Crippen MR) is 112 cm³/mol. The number of halogens is 1. The molecular weight excluding hydrogens is 391 g/mol. The lowest BCUT2D eigenvalue weighted by Crippen LogP contribution is -2.18. The van der Waals surface area contributed by atoms with Crippen molar-refractivity contribution in [2.75, 3.05) is 6.61 Å². The van der Waals surface area contributed by atoms with Gasteiger partial charge in [-0.15, -0.1) is 0 Å². The van der Waals surface area contributed by atoms with Crippen LogP contribution in [-0.4, -0.2) is 21.2 Å². The molecule has 0 saturated heterocycles. The number of rotatable bonds is 8. The maximum Gasteiger partial charge on any atom is 0.276 e. The standard InChI is InChI=1S/C22H19FN2O3S/c23-20-10-14-22(15-11-20)29(26,27)25-24-17-19-8-12-21(13-9-19)28-16-4-7-18-5-2-1-3-6-18/h1-15,17,25H,16H2/b7-4+,24-17+. The van der Waals surface area contributed by atoms with Gasteiger partial charge in [0.2, 0.25) is 0 Å². The lowest BCUT2D eigenvalue weighted by atomic mass is 10.2. The van der Waals surface area contributed by atoms with E-state index in [4.69, 9.17) is 4.74 Å². The number of hydrazone groups is 1. The molecule has 148 valence electrons. The van der Waals surface area contributed by atoms with Crippen LogP contribution in [0.2, 0.25) is 0 Å². The zero-order valence-corrected chi connectivity index (χ0v) is 16.2. The molecule has 0 aliphatic carbocycles. The molecule has 0 spiro atoms. The minimum atomic E-state index is -3.84. The molecule has 0 saturated carbocycles. The maximum absolute atomic E-state index is 12.9. The molecule has 0 atom stereocenters. The number of benzene rings is 3. The summed E-state index contributed by atoms with van der Waals surface area (Å²) in [5.74, 6) is 0.178. The van der Waals surface area contributed by atoms with Crippen LogP contribution >= 0.6 is 0 Å². The Morgan fingerprint density at radius 2 is 1.59 bits per heavy atom. The van der Waals surface area contributed by atoms with Gasteiger partial charge in [-0.25, -0.2) is 9.22 Å². The lowest BCUT2D eigenvalue weighted by Gasteiger charge is -2.04. The van der Waals surface area contributed by atoms with Crippen LogP contribution in [0.4, 0.5) is 4.39 Å². The average molecular weight is 410 g/mol. The molecule has 0 aromatic heterocycles. The Labute approximate surface area is 169 Å². The fourth-order valence-corrected chi connectivity index (χ4v) is 3.17. The molecule has 3 aromatic carbocycles. The minimum absolute atomic E-state index is 0.0663. The third-order valence-corrected chi connectivity index (χ3v) is 5.09. The van der Waals surface area contributed by atoms with E-state index >= 15 is 0 Å². The first-order chi connectivity index (χ1) is 14.0. The summed E-state index contributed by atoms with van der Waals surface area (Å²) < 4.78 is 42.7. The molecule has 0 radical (unpaired) electrons. The van der Waals surface area contributed by atoms with Crippen LogP contribution < -0.4 is 9.57 Å². The van der Waals surface area contributed by atoms with Gasteiger partial charge in [-0.2, -0.15) is 13.5 Å². The van der Waals surface area contributed by atoms with Gasteiger partial charge < -0.3 is 4.74 Å². The van der Waals surface area contributed by atoms with Gasteiger partial charge in [-0.05, 0) is 65.7 Å². The highest BCUT2D eigenvalue weighted by Crippen LogP contribution is 2.12. The third kappa shape index (κ3) is 6.29. The lowest BCUT2D eigenvalue weighted by molar-refractivity contribution is 0.363. The molecule has 0 aliphatic rings. The van der Waals surface area contributed by atoms with Gasteiger partial charge in [-0.1, -0.05) is 36.4 Å². The van der Waals surface area contributed by atoms with Crippen LogP contribution in [0.1, 0.15) is 11.1 Å².